The van der Waals surface area contributed by atoms with Crippen LogP contribution in [0.4, 0.5) is 11.5 Å². The van der Waals surface area contributed by atoms with Gasteiger partial charge in [0.1, 0.15) is 0 Å². The molecule has 0 bridgehead atoms. The molecule has 21 heavy (non-hydrogen) atoms. The molecule has 0 aliphatic heterocycles. The van der Waals surface area contributed by atoms with E-state index in [1.54, 1.807) is 6.20 Å². The van der Waals surface area contributed by atoms with Gasteiger partial charge in [0.25, 0.3) is 0 Å². The van der Waals surface area contributed by atoms with Gasteiger partial charge in [-0.15, -0.1) is 0 Å². The van der Waals surface area contributed by atoms with Gasteiger partial charge in [0.2, 0.25) is 0 Å². The van der Waals surface area contributed by atoms with E-state index in [4.69, 9.17) is 0 Å². The van der Waals surface area contributed by atoms with Gasteiger partial charge in [-0.2, -0.15) is 0 Å². The lowest BCUT2D eigenvalue weighted by molar-refractivity contribution is 1.05. The molecule has 0 spiro atoms. The van der Waals surface area contributed by atoms with Gasteiger partial charge >= 0.3 is 0 Å². The molecule has 2 aromatic heterocycles. The highest BCUT2D eigenvalue weighted by molar-refractivity contribution is 5.81. The molecular formula is C17H18N4. The van der Waals surface area contributed by atoms with Crippen LogP contribution in [-0.2, 0) is 6.54 Å². The first kappa shape index (κ1) is 13.4. The van der Waals surface area contributed by atoms with Crippen LogP contribution in [0, 0.1) is 0 Å². The standard InChI is InChI=1S/C17H18N4/c1-21(2)17-15(9-5-11-19-17)20-12-14-7-3-6-13-8-4-10-18-16(13)14/h3-11,20H,12H2,1-2H3. The second kappa shape index (κ2) is 5.79. The third-order valence-electron chi connectivity index (χ3n) is 3.40. The lowest BCUT2D eigenvalue weighted by Gasteiger charge is -2.17. The van der Waals surface area contributed by atoms with Gasteiger partial charge < -0.3 is 10.2 Å². The van der Waals surface area contributed by atoms with E-state index < -0.39 is 0 Å². The molecule has 4 heteroatoms. The van der Waals surface area contributed by atoms with Crippen molar-refractivity contribution in [2.24, 2.45) is 0 Å². The molecule has 0 saturated carbocycles. The maximum absolute atomic E-state index is 4.48. The van der Waals surface area contributed by atoms with Crippen LogP contribution in [0.25, 0.3) is 10.9 Å². The van der Waals surface area contributed by atoms with Crippen LogP contribution in [0.3, 0.4) is 0 Å². The minimum absolute atomic E-state index is 0.723. The molecule has 4 nitrogen and oxygen atoms in total. The average molecular weight is 278 g/mol. The summed E-state index contributed by atoms with van der Waals surface area (Å²) in [6.45, 7) is 0.723. The zero-order valence-corrected chi connectivity index (χ0v) is 12.2. The predicted octanol–water partition coefficient (Wildman–Crippen LogP) is 3.31. The van der Waals surface area contributed by atoms with E-state index in [1.807, 2.05) is 43.4 Å². The lowest BCUT2D eigenvalue weighted by Crippen LogP contribution is -2.13. The summed E-state index contributed by atoms with van der Waals surface area (Å²) < 4.78 is 0. The summed E-state index contributed by atoms with van der Waals surface area (Å²) in [5.41, 5.74) is 3.25. The number of hydrogen-bond acceptors (Lipinski definition) is 4. The van der Waals surface area contributed by atoms with E-state index in [0.29, 0.717) is 0 Å². The third-order valence-corrected chi connectivity index (χ3v) is 3.40. The monoisotopic (exact) mass is 278 g/mol. The molecule has 1 aromatic carbocycles. The molecule has 1 N–H and O–H groups in total. The van der Waals surface area contributed by atoms with Crippen molar-refractivity contribution in [3.8, 4) is 0 Å². The number of para-hydroxylation sites is 1. The first-order chi connectivity index (χ1) is 10.3. The average Bonchev–Trinajstić information content (AvgIpc) is 2.53. The van der Waals surface area contributed by atoms with E-state index in [2.05, 4.69) is 39.6 Å². The van der Waals surface area contributed by atoms with Gasteiger partial charge in [0.15, 0.2) is 5.82 Å². The number of hydrogen-bond donors (Lipinski definition) is 1. The highest BCUT2D eigenvalue weighted by Gasteiger charge is 2.06. The van der Waals surface area contributed by atoms with Crippen molar-refractivity contribution in [3.63, 3.8) is 0 Å². The summed E-state index contributed by atoms with van der Waals surface area (Å²) in [7, 11) is 3.99. The predicted molar refractivity (Wildman–Crippen MR) is 87.6 cm³/mol. The third kappa shape index (κ3) is 2.79. The van der Waals surface area contributed by atoms with Crippen molar-refractivity contribution in [2.75, 3.05) is 24.3 Å². The Kier molecular flexibility index (Phi) is 3.69. The summed E-state index contributed by atoms with van der Waals surface area (Å²) in [6, 6.07) is 14.3. The van der Waals surface area contributed by atoms with Crippen LogP contribution < -0.4 is 10.2 Å². The Morgan fingerprint density at radius 2 is 1.71 bits per heavy atom. The topological polar surface area (TPSA) is 41.1 Å². The highest BCUT2D eigenvalue weighted by Crippen LogP contribution is 2.22. The lowest BCUT2D eigenvalue weighted by atomic mass is 10.1. The molecule has 3 aromatic rings. The summed E-state index contributed by atoms with van der Waals surface area (Å²) in [6.07, 6.45) is 3.64. The molecule has 0 fully saturated rings. The summed E-state index contributed by atoms with van der Waals surface area (Å²) in [4.78, 5) is 10.9. The Hall–Kier alpha value is -2.62. The minimum Gasteiger partial charge on any atom is -0.378 e. The molecule has 0 saturated heterocycles. The minimum atomic E-state index is 0.723. The molecule has 3 rings (SSSR count). The molecular weight excluding hydrogens is 260 g/mol. The molecule has 0 aliphatic carbocycles. The first-order valence-corrected chi connectivity index (χ1v) is 6.94. The number of nitrogens with one attached hydrogen (secondary N) is 1. The highest BCUT2D eigenvalue weighted by atomic mass is 15.2. The molecule has 0 atom stereocenters. The largest absolute Gasteiger partial charge is 0.378 e. The Morgan fingerprint density at radius 1 is 0.952 bits per heavy atom. The van der Waals surface area contributed by atoms with Crippen molar-refractivity contribution in [1.29, 1.82) is 0 Å². The quantitative estimate of drug-likeness (QED) is 0.795. The van der Waals surface area contributed by atoms with Gasteiger partial charge in [0.05, 0.1) is 11.2 Å². The molecule has 0 amide bonds. The smallest absolute Gasteiger partial charge is 0.151 e. The second-order valence-electron chi connectivity index (χ2n) is 5.11. The number of nitrogens with zero attached hydrogens (tertiary/aromatic N) is 3. The van der Waals surface area contributed by atoms with E-state index in [9.17, 15) is 0 Å². The molecule has 2 heterocycles. The SMILES string of the molecule is CN(C)c1ncccc1NCc1cccc2cccnc12. The van der Waals surface area contributed by atoms with Crippen LogP contribution in [0.1, 0.15) is 5.56 Å². The van der Waals surface area contributed by atoms with Crippen molar-refractivity contribution < 1.29 is 0 Å². The van der Waals surface area contributed by atoms with Gasteiger partial charge in [-0.25, -0.2) is 4.98 Å². The van der Waals surface area contributed by atoms with E-state index in [-0.39, 0.29) is 0 Å². The molecule has 0 radical (unpaired) electrons. The van der Waals surface area contributed by atoms with Crippen LogP contribution in [0.5, 0.6) is 0 Å². The van der Waals surface area contributed by atoms with E-state index in [0.717, 1.165) is 29.0 Å². The Balaban J connectivity index is 1.87. The molecule has 0 unspecified atom stereocenters. The van der Waals surface area contributed by atoms with Crippen LogP contribution >= 0.6 is 0 Å². The molecule has 0 aliphatic rings. The number of benzene rings is 1. The number of pyridine rings is 2. The van der Waals surface area contributed by atoms with Crippen molar-refractivity contribution in [1.82, 2.24) is 9.97 Å². The maximum Gasteiger partial charge on any atom is 0.151 e. The fraction of sp³-hybridized carbons (Fsp3) is 0.176. The zero-order chi connectivity index (χ0) is 14.7. The zero-order valence-electron chi connectivity index (χ0n) is 12.2. The number of rotatable bonds is 4. The van der Waals surface area contributed by atoms with Crippen molar-refractivity contribution >= 4 is 22.4 Å². The molecule has 106 valence electrons. The Labute approximate surface area is 124 Å². The first-order valence-electron chi connectivity index (χ1n) is 6.94. The van der Waals surface area contributed by atoms with Gasteiger partial charge in [-0.3, -0.25) is 4.98 Å². The number of aromatic nitrogens is 2. The second-order valence-corrected chi connectivity index (χ2v) is 5.11. The van der Waals surface area contributed by atoms with Gasteiger partial charge in [0, 0.05) is 38.4 Å². The van der Waals surface area contributed by atoms with Crippen LogP contribution in [0.15, 0.2) is 54.9 Å². The Bertz CT molecular complexity index is 747. The summed E-state index contributed by atoms with van der Waals surface area (Å²) in [5.74, 6) is 0.936. The fourth-order valence-corrected chi connectivity index (χ4v) is 2.39. The van der Waals surface area contributed by atoms with Crippen LogP contribution in [0.2, 0.25) is 0 Å². The number of anilines is 2. The number of fused-ring (bicyclic) bond motifs is 1. The normalized spacial score (nSPS) is 10.6. The van der Waals surface area contributed by atoms with E-state index in [1.165, 1.54) is 5.56 Å². The van der Waals surface area contributed by atoms with Crippen molar-refractivity contribution in [2.45, 2.75) is 6.54 Å². The fourth-order valence-electron chi connectivity index (χ4n) is 2.39. The van der Waals surface area contributed by atoms with Crippen molar-refractivity contribution in [3.05, 3.63) is 60.4 Å². The summed E-state index contributed by atoms with van der Waals surface area (Å²) in [5, 5.41) is 4.62. The van der Waals surface area contributed by atoms with Crippen LogP contribution in [-0.4, -0.2) is 24.1 Å². The van der Waals surface area contributed by atoms with Gasteiger partial charge in [-0.05, 0) is 23.8 Å². The van der Waals surface area contributed by atoms with Gasteiger partial charge in [-0.1, -0.05) is 24.3 Å². The Morgan fingerprint density at radius 3 is 2.57 bits per heavy atom. The van der Waals surface area contributed by atoms with E-state index >= 15 is 0 Å². The summed E-state index contributed by atoms with van der Waals surface area (Å²) >= 11 is 0. The maximum atomic E-state index is 4.48.